The molecule has 2 aromatic carbocycles. The molecule has 0 aliphatic heterocycles. The minimum absolute atomic E-state index is 0.209. The first kappa shape index (κ1) is 15.5. The molecule has 0 aliphatic carbocycles. The summed E-state index contributed by atoms with van der Waals surface area (Å²) >= 11 is 6.57. The lowest BCUT2D eigenvalue weighted by Crippen LogP contribution is -2.13. The van der Waals surface area contributed by atoms with Gasteiger partial charge in [0.1, 0.15) is 4.90 Å². The summed E-state index contributed by atoms with van der Waals surface area (Å²) in [4.78, 5) is 0.209. The van der Waals surface area contributed by atoms with Gasteiger partial charge in [0.25, 0.3) is 10.0 Å². The molecule has 0 fully saturated rings. The molecule has 0 aromatic heterocycles. The van der Waals surface area contributed by atoms with Crippen molar-refractivity contribution in [3.63, 3.8) is 0 Å². The van der Waals surface area contributed by atoms with E-state index in [0.717, 1.165) is 16.5 Å². The van der Waals surface area contributed by atoms with Gasteiger partial charge in [0.05, 0.1) is 0 Å². The molecule has 0 radical (unpaired) electrons. The van der Waals surface area contributed by atoms with Gasteiger partial charge in [0, 0.05) is 14.6 Å². The molecule has 0 atom stereocenters. The van der Waals surface area contributed by atoms with Crippen LogP contribution in [0.5, 0.6) is 0 Å². The average molecular weight is 419 g/mol. The Labute approximate surface area is 135 Å². The van der Waals surface area contributed by atoms with E-state index in [-0.39, 0.29) is 4.90 Å². The summed E-state index contributed by atoms with van der Waals surface area (Å²) in [6.07, 6.45) is 0.922. The van der Waals surface area contributed by atoms with Crippen LogP contribution in [0.2, 0.25) is 0 Å². The highest BCUT2D eigenvalue weighted by molar-refractivity contribution is 9.11. The number of benzene rings is 2. The Balaban J connectivity index is 2.30. The summed E-state index contributed by atoms with van der Waals surface area (Å²) in [5.41, 5.74) is 1.72. The molecule has 3 nitrogen and oxygen atoms in total. The Morgan fingerprint density at radius 1 is 1.05 bits per heavy atom. The van der Waals surface area contributed by atoms with Gasteiger partial charge in [-0.05, 0) is 58.2 Å². The van der Waals surface area contributed by atoms with Gasteiger partial charge in [0.2, 0.25) is 0 Å². The van der Waals surface area contributed by atoms with E-state index in [9.17, 15) is 8.42 Å². The van der Waals surface area contributed by atoms with Crippen molar-refractivity contribution in [2.24, 2.45) is 0 Å². The van der Waals surface area contributed by atoms with Crippen molar-refractivity contribution in [2.75, 3.05) is 4.72 Å². The fourth-order valence-corrected chi connectivity index (χ4v) is 4.52. The zero-order valence-electron chi connectivity index (χ0n) is 10.7. The van der Waals surface area contributed by atoms with Crippen LogP contribution in [0.4, 0.5) is 5.69 Å². The predicted molar refractivity (Wildman–Crippen MR) is 88.5 cm³/mol. The number of nitrogens with one attached hydrogen (secondary N) is 1. The fraction of sp³-hybridized carbons (Fsp3) is 0.143. The fourth-order valence-electron chi connectivity index (χ4n) is 1.71. The molecule has 0 unspecified atom stereocenters. The van der Waals surface area contributed by atoms with Crippen LogP contribution >= 0.6 is 31.9 Å². The highest BCUT2D eigenvalue weighted by Crippen LogP contribution is 2.27. The smallest absolute Gasteiger partial charge is 0.263 e. The predicted octanol–water partition coefficient (Wildman–Crippen LogP) is 4.57. The molecule has 0 spiro atoms. The minimum Gasteiger partial charge on any atom is -0.280 e. The molecular formula is C14H13Br2NO2S. The third kappa shape index (κ3) is 3.62. The van der Waals surface area contributed by atoms with E-state index < -0.39 is 10.0 Å². The second-order valence-electron chi connectivity index (χ2n) is 4.23. The first-order valence-electron chi connectivity index (χ1n) is 5.99. The van der Waals surface area contributed by atoms with Crippen LogP contribution < -0.4 is 4.72 Å². The Hall–Kier alpha value is -0.850. The number of anilines is 1. The molecular weight excluding hydrogens is 406 g/mol. The number of halogens is 2. The van der Waals surface area contributed by atoms with Gasteiger partial charge in [-0.15, -0.1) is 0 Å². The Kier molecular flexibility index (Phi) is 4.88. The monoisotopic (exact) mass is 417 g/mol. The molecule has 2 aromatic rings. The molecule has 0 saturated carbocycles. The SMILES string of the molecule is CCc1ccc(NS(=O)(=O)c2ccc(Br)cc2Br)cc1. The summed E-state index contributed by atoms with van der Waals surface area (Å²) in [5.74, 6) is 0. The summed E-state index contributed by atoms with van der Waals surface area (Å²) < 4.78 is 28.6. The number of aryl methyl sites for hydroxylation is 1. The average Bonchev–Trinajstić information content (AvgIpc) is 2.38. The summed E-state index contributed by atoms with van der Waals surface area (Å²) in [6.45, 7) is 2.05. The first-order chi connectivity index (χ1) is 9.42. The maximum atomic E-state index is 12.3. The van der Waals surface area contributed by atoms with Crippen molar-refractivity contribution in [3.8, 4) is 0 Å². The number of rotatable bonds is 4. The summed E-state index contributed by atoms with van der Waals surface area (Å²) in [7, 11) is -3.60. The lowest BCUT2D eigenvalue weighted by Gasteiger charge is -2.10. The Morgan fingerprint density at radius 2 is 1.70 bits per heavy atom. The Bertz CT molecular complexity index is 712. The quantitative estimate of drug-likeness (QED) is 0.789. The van der Waals surface area contributed by atoms with Crippen molar-refractivity contribution in [1.82, 2.24) is 0 Å². The van der Waals surface area contributed by atoms with Crippen LogP contribution in [0.3, 0.4) is 0 Å². The van der Waals surface area contributed by atoms with Gasteiger partial charge in [0.15, 0.2) is 0 Å². The molecule has 106 valence electrons. The largest absolute Gasteiger partial charge is 0.280 e. The molecule has 2 rings (SSSR count). The highest BCUT2D eigenvalue weighted by atomic mass is 79.9. The molecule has 0 amide bonds. The van der Waals surface area contributed by atoms with E-state index >= 15 is 0 Å². The van der Waals surface area contributed by atoms with Crippen molar-refractivity contribution in [2.45, 2.75) is 18.2 Å². The van der Waals surface area contributed by atoms with Crippen molar-refractivity contribution >= 4 is 47.6 Å². The highest BCUT2D eigenvalue weighted by Gasteiger charge is 2.17. The zero-order chi connectivity index (χ0) is 14.8. The van der Waals surface area contributed by atoms with Crippen molar-refractivity contribution < 1.29 is 8.42 Å². The maximum Gasteiger partial charge on any atom is 0.263 e. The lowest BCUT2D eigenvalue weighted by atomic mass is 10.2. The third-order valence-electron chi connectivity index (χ3n) is 2.80. The molecule has 1 N–H and O–H groups in total. The number of hydrogen-bond donors (Lipinski definition) is 1. The van der Waals surface area contributed by atoms with E-state index in [4.69, 9.17) is 0 Å². The van der Waals surface area contributed by atoms with E-state index in [2.05, 4.69) is 43.5 Å². The first-order valence-corrected chi connectivity index (χ1v) is 9.06. The van der Waals surface area contributed by atoms with E-state index in [0.29, 0.717) is 10.2 Å². The Morgan fingerprint density at radius 3 is 2.25 bits per heavy atom. The number of sulfonamides is 1. The second kappa shape index (κ2) is 6.28. The molecule has 0 saturated heterocycles. The molecule has 0 bridgehead atoms. The van der Waals surface area contributed by atoms with Crippen LogP contribution in [-0.4, -0.2) is 8.42 Å². The van der Waals surface area contributed by atoms with Gasteiger partial charge in [-0.1, -0.05) is 35.0 Å². The maximum absolute atomic E-state index is 12.3. The van der Waals surface area contributed by atoms with E-state index in [1.807, 2.05) is 12.1 Å². The minimum atomic E-state index is -3.60. The zero-order valence-corrected chi connectivity index (χ0v) is 14.7. The van der Waals surface area contributed by atoms with Gasteiger partial charge in [-0.2, -0.15) is 0 Å². The molecule has 6 heteroatoms. The van der Waals surface area contributed by atoms with E-state index in [1.165, 1.54) is 0 Å². The van der Waals surface area contributed by atoms with Gasteiger partial charge in [-0.25, -0.2) is 8.42 Å². The van der Waals surface area contributed by atoms with Crippen LogP contribution in [0, 0.1) is 0 Å². The third-order valence-corrected chi connectivity index (χ3v) is 5.65. The van der Waals surface area contributed by atoms with Gasteiger partial charge >= 0.3 is 0 Å². The molecule has 0 aliphatic rings. The lowest BCUT2D eigenvalue weighted by molar-refractivity contribution is 0.600. The molecule has 20 heavy (non-hydrogen) atoms. The van der Waals surface area contributed by atoms with Crippen LogP contribution in [0.1, 0.15) is 12.5 Å². The van der Waals surface area contributed by atoms with Crippen LogP contribution in [0.15, 0.2) is 56.3 Å². The van der Waals surface area contributed by atoms with Crippen molar-refractivity contribution in [3.05, 3.63) is 57.0 Å². The summed E-state index contributed by atoms with van der Waals surface area (Å²) in [6, 6.07) is 12.3. The topological polar surface area (TPSA) is 46.2 Å². The summed E-state index contributed by atoms with van der Waals surface area (Å²) in [5, 5.41) is 0. The van der Waals surface area contributed by atoms with Crippen molar-refractivity contribution in [1.29, 1.82) is 0 Å². The van der Waals surface area contributed by atoms with Gasteiger partial charge in [-0.3, -0.25) is 4.72 Å². The van der Waals surface area contributed by atoms with Crippen LogP contribution in [0.25, 0.3) is 0 Å². The normalized spacial score (nSPS) is 11.3. The van der Waals surface area contributed by atoms with Crippen LogP contribution in [-0.2, 0) is 16.4 Å². The van der Waals surface area contributed by atoms with Gasteiger partial charge < -0.3 is 0 Å². The second-order valence-corrected chi connectivity index (χ2v) is 7.65. The number of hydrogen-bond acceptors (Lipinski definition) is 2. The van der Waals surface area contributed by atoms with E-state index in [1.54, 1.807) is 30.3 Å². The standard InChI is InChI=1S/C14H13Br2NO2S/c1-2-10-3-6-12(7-4-10)17-20(18,19)14-8-5-11(15)9-13(14)16/h3-9,17H,2H2,1H3. The molecule has 0 heterocycles.